The number of hydrogen-bond donors (Lipinski definition) is 3. The van der Waals surface area contributed by atoms with Crippen LogP contribution in [0.3, 0.4) is 0 Å². The number of hydrogen-bond acceptors (Lipinski definition) is 21. The highest BCUT2D eigenvalue weighted by molar-refractivity contribution is 7.97. The fraction of sp³-hybridized carbons (Fsp3) is 0.600. The van der Waals surface area contributed by atoms with Crippen molar-refractivity contribution in [3.8, 4) is 0 Å². The van der Waals surface area contributed by atoms with E-state index in [0.717, 1.165) is 96.9 Å². The number of methoxy groups -OCH3 is 1. The molecule has 0 bridgehead atoms. The van der Waals surface area contributed by atoms with E-state index in [2.05, 4.69) is 160 Å². The number of aliphatic hydroxyl groups is 3. The minimum atomic E-state index is -7.39. The standard InChI is InChI=1S/C18H35NO3.C18H15S.C14H11N.C12H13F9N3O6S2.C12H27NO5.C11H21NO3/c1-2-3-4-5-6-7-8-9-10-11-18(20)22-17-14-19-12-15-21-16-13-19;1-4-10-16(11-5-1)19(17-12-6-2-7-13-17)18-14-8-3-9-15-18;1-2-6-11(7-3-1)14-10-12-8-4-5-9-13(12)15-14;13-9(14,10(15,16)22-31(26,27)12(19,20)21)11(17,18)32(28,29)24-4-2-23(3-5-24)7-1-6-30-8(7)25;1-16-8-2-3-13(4-9-17-11-6-14)5-10-18-12-7-15;1-4-11(2,3)15-10(14)12-7-5-9(13)6-8-12/h2-17H2,1H3;1-15H;1-9H,10H2;7H,1-6H2;14-15H,2-12H2,1H3;9,13H,4-8H2,1-3H3/q;+1;;-1;;. The normalized spacial score (nSPS) is 16.5. The predicted octanol–water partition coefficient (Wildman–Crippen LogP) is 14.3. The quantitative estimate of drug-likeness (QED) is 0.00820. The number of aliphatic hydroxyl groups excluding tert-OH is 3. The number of amides is 1. The van der Waals surface area contributed by atoms with Gasteiger partial charge in [-0.3, -0.25) is 29.3 Å². The van der Waals surface area contributed by atoms with Crippen molar-refractivity contribution >= 4 is 60.4 Å². The lowest BCUT2D eigenvalue weighted by molar-refractivity contribution is -0.262. The number of para-hydroxylation sites is 1. The Balaban J connectivity index is 0.000000264. The second kappa shape index (κ2) is 54.8. The fourth-order valence-electron chi connectivity index (χ4n) is 12.5. The van der Waals surface area contributed by atoms with E-state index >= 15 is 0 Å². The van der Waals surface area contributed by atoms with Gasteiger partial charge in [0.15, 0.2) is 24.7 Å². The van der Waals surface area contributed by atoms with E-state index in [-0.39, 0.29) is 59.6 Å². The average molecular weight is 1780 g/mol. The molecule has 36 heteroatoms. The number of unbranched alkanes of at least 4 members (excludes halogenated alkanes) is 8. The van der Waals surface area contributed by atoms with Crippen LogP contribution in [0, 0.1) is 0 Å². The average Bonchev–Trinajstić information content (AvgIpc) is 1.06. The van der Waals surface area contributed by atoms with Crippen LogP contribution in [0.2, 0.25) is 0 Å². The van der Waals surface area contributed by atoms with Gasteiger partial charge in [-0.15, -0.1) is 0 Å². The SMILES string of the molecule is CCC(C)(C)OC(=O)N1CCC(O)CC1.CCCCCCCCCCCC(=O)OCCN1CCOCC1.COCCCN(CCOCCO)CCOCCO.O=C1OCCC1N1CCN(S(=O)(=O)C(F)(F)C(F)(F)C(F)(F)[N-]S(=O)(=O)C(F)(F)F)CC1.c1ccc(C2=Nc3ccccc3C2)cc1.c1ccc([S+](c2ccccc2)c2ccccc2)cc1. The summed E-state index contributed by atoms with van der Waals surface area (Å²) in [4.78, 5) is 51.0. The van der Waals surface area contributed by atoms with Crippen molar-refractivity contribution in [2.45, 2.75) is 186 Å². The number of esters is 2. The van der Waals surface area contributed by atoms with Crippen molar-refractivity contribution < 1.29 is 119 Å². The van der Waals surface area contributed by atoms with Gasteiger partial charge >= 0.3 is 34.7 Å². The Morgan fingerprint density at radius 1 is 0.603 bits per heavy atom. The number of carbonyl (C=O) groups is 3. The van der Waals surface area contributed by atoms with Crippen LogP contribution in [0.25, 0.3) is 4.72 Å². The first kappa shape index (κ1) is 105. The maximum absolute atomic E-state index is 14.1. The second-order valence-electron chi connectivity index (χ2n) is 29.3. The van der Waals surface area contributed by atoms with Gasteiger partial charge in [0.25, 0.3) is 16.1 Å². The first-order chi connectivity index (χ1) is 57.7. The number of piperidine rings is 1. The van der Waals surface area contributed by atoms with Crippen LogP contribution < -0.4 is 0 Å². The van der Waals surface area contributed by atoms with E-state index in [4.69, 9.17) is 38.6 Å². The Morgan fingerprint density at radius 3 is 1.59 bits per heavy atom. The third-order valence-corrected chi connectivity index (χ3v) is 25.0. The molecule has 5 aromatic rings. The highest BCUT2D eigenvalue weighted by atomic mass is 32.2. The van der Waals surface area contributed by atoms with Crippen molar-refractivity contribution in [2.24, 2.45) is 4.99 Å². The molecule has 1 atom stereocenters. The van der Waals surface area contributed by atoms with E-state index in [1.807, 2.05) is 32.9 Å². The first-order valence-electron chi connectivity index (χ1n) is 41.1. The number of alkyl halides is 9. The summed E-state index contributed by atoms with van der Waals surface area (Å²) >= 11 is 0. The van der Waals surface area contributed by atoms with Gasteiger partial charge in [-0.25, -0.2) is 30.4 Å². The Labute approximate surface area is 710 Å². The molecule has 0 radical (unpaired) electrons. The van der Waals surface area contributed by atoms with Crippen LogP contribution in [0.5, 0.6) is 0 Å². The molecule has 0 aromatic heterocycles. The number of aliphatic imine (C=N–C) groups is 1. The van der Waals surface area contributed by atoms with Crippen molar-refractivity contribution in [3.63, 3.8) is 0 Å². The van der Waals surface area contributed by atoms with E-state index < -0.39 is 86.6 Å². The van der Waals surface area contributed by atoms with Crippen LogP contribution >= 0.6 is 0 Å². The van der Waals surface area contributed by atoms with E-state index in [0.29, 0.717) is 70.1 Å². The molecule has 5 aliphatic rings. The van der Waals surface area contributed by atoms with Crippen LogP contribution in [0.1, 0.15) is 135 Å². The molecule has 24 nitrogen and oxygen atoms in total. The lowest BCUT2D eigenvalue weighted by atomic mass is 10.0. The molecule has 0 aliphatic carbocycles. The summed E-state index contributed by atoms with van der Waals surface area (Å²) in [6.45, 7) is 16.6. The van der Waals surface area contributed by atoms with Crippen molar-refractivity contribution in [3.05, 3.63) is 161 Å². The van der Waals surface area contributed by atoms with Gasteiger partial charge in [0, 0.05) is 112 Å². The number of sulfonamides is 2. The molecule has 0 saturated carbocycles. The number of benzene rings is 5. The van der Waals surface area contributed by atoms with Gasteiger partial charge in [0.1, 0.15) is 18.2 Å². The Morgan fingerprint density at radius 2 is 1.11 bits per heavy atom. The summed E-state index contributed by atoms with van der Waals surface area (Å²) in [6, 6.07) is 43.0. The lowest BCUT2D eigenvalue weighted by Gasteiger charge is -2.42. The Hall–Kier alpha value is -6.88. The zero-order valence-electron chi connectivity index (χ0n) is 69.9. The minimum Gasteiger partial charge on any atom is -0.474 e. The van der Waals surface area contributed by atoms with E-state index in [1.54, 1.807) is 12.0 Å². The molecule has 1 amide bonds. The van der Waals surface area contributed by atoms with Crippen LogP contribution in [0.15, 0.2) is 165 Å². The number of likely N-dealkylation sites (tertiary alicyclic amines) is 1. The highest BCUT2D eigenvalue weighted by Crippen LogP contribution is 2.53. The van der Waals surface area contributed by atoms with Crippen molar-refractivity contribution in [1.82, 2.24) is 23.9 Å². The smallest absolute Gasteiger partial charge is 0.474 e. The molecule has 0 spiro atoms. The highest BCUT2D eigenvalue weighted by Gasteiger charge is 2.75. The second-order valence-corrected chi connectivity index (χ2v) is 34.9. The summed E-state index contributed by atoms with van der Waals surface area (Å²) in [5, 5.41) is 19.8. The van der Waals surface area contributed by atoms with E-state index in [9.17, 15) is 75.8 Å². The van der Waals surface area contributed by atoms with Crippen molar-refractivity contribution in [2.75, 3.05) is 158 Å². The third kappa shape index (κ3) is 36.3. The number of ether oxygens (including phenoxy) is 7. The summed E-state index contributed by atoms with van der Waals surface area (Å²) in [7, 11) is -12.4. The molecule has 5 aromatic carbocycles. The number of cyclic esters (lactones) is 1. The number of piperazine rings is 1. The number of rotatable bonds is 40. The summed E-state index contributed by atoms with van der Waals surface area (Å²) in [5.41, 5.74) is -2.18. The fourth-order valence-corrected chi connectivity index (χ4v) is 16.6. The molecule has 3 N–H and O–H groups in total. The van der Waals surface area contributed by atoms with Gasteiger partial charge in [-0.2, -0.15) is 35.0 Å². The summed E-state index contributed by atoms with van der Waals surface area (Å²) < 4.78 is 201. The van der Waals surface area contributed by atoms with Crippen LogP contribution in [-0.4, -0.2) is 279 Å². The summed E-state index contributed by atoms with van der Waals surface area (Å²) in [5.74, 6) is -7.93. The third-order valence-electron chi connectivity index (χ3n) is 19.8. The number of nitrogens with zero attached hydrogens (tertiary/aromatic N) is 7. The molecule has 4 saturated heterocycles. The maximum atomic E-state index is 14.1. The minimum absolute atomic E-state index is 0.0146. The van der Waals surface area contributed by atoms with Gasteiger partial charge in [0.2, 0.25) is 0 Å². The lowest BCUT2D eigenvalue weighted by Crippen LogP contribution is -2.63. The Bertz CT molecular complexity index is 3870. The van der Waals surface area contributed by atoms with Gasteiger partial charge < -0.3 is 58.1 Å². The first-order valence-corrected chi connectivity index (χ1v) is 45.2. The molecule has 1 unspecified atom stereocenters. The number of fused-ring (bicyclic) bond motifs is 1. The predicted molar refractivity (Wildman–Crippen MR) is 445 cm³/mol. The molecule has 5 heterocycles. The monoisotopic (exact) mass is 1780 g/mol. The molecule has 121 heavy (non-hydrogen) atoms. The van der Waals surface area contributed by atoms with Crippen LogP contribution in [0.4, 0.5) is 50.0 Å². The summed E-state index contributed by atoms with van der Waals surface area (Å²) in [6.07, 6.45) is 15.8. The number of morpholine rings is 1. The zero-order chi connectivity index (χ0) is 88.8. The molecular weight excluding hydrogens is 1660 g/mol. The largest absolute Gasteiger partial charge is 0.480 e. The van der Waals surface area contributed by atoms with E-state index in [1.165, 1.54) is 81.4 Å². The topological polar surface area (TPSA) is 287 Å². The molecule has 4 fully saturated rings. The molecular formula is C85H122F9N7O17S3. The van der Waals surface area contributed by atoms with Crippen LogP contribution in [-0.2, 0) is 80.1 Å². The Kier molecular flexibility index (Phi) is 47.4. The van der Waals surface area contributed by atoms with Gasteiger partial charge in [-0.1, -0.05) is 168 Å². The number of halogens is 9. The molecule has 680 valence electrons. The van der Waals surface area contributed by atoms with Gasteiger partial charge in [0.05, 0.1) is 87.9 Å². The maximum Gasteiger partial charge on any atom is 0.480 e. The zero-order valence-corrected chi connectivity index (χ0v) is 72.4. The molecule has 10 rings (SSSR count). The molecule has 5 aliphatic heterocycles. The van der Waals surface area contributed by atoms with Gasteiger partial charge in [-0.05, 0) is 99.5 Å². The van der Waals surface area contributed by atoms with Crippen molar-refractivity contribution in [1.29, 1.82) is 0 Å². The number of carbonyl (C=O) groups excluding carboxylic acids is 3.